The largest absolute Gasteiger partial charge is 4.00 e. The van der Waals surface area contributed by atoms with E-state index in [1.807, 2.05) is 170 Å². The number of benzene rings is 6. The quantitative estimate of drug-likeness (QED) is 0.165. The van der Waals surface area contributed by atoms with E-state index in [2.05, 4.69) is 21.3 Å². The molecule has 0 heterocycles. The Bertz CT molecular complexity index is 1330. The SMILES string of the molecule is [Zr+4].c1ccc([N-]c2ccccc2[N-]c2ccccc2)cc1.c1ccc([N-]c2ccccc2[N-]c2ccccc2)cc1. The van der Waals surface area contributed by atoms with Gasteiger partial charge >= 0.3 is 26.2 Å². The molecule has 0 bridgehead atoms. The van der Waals surface area contributed by atoms with Gasteiger partial charge in [0, 0.05) is 0 Å². The summed E-state index contributed by atoms with van der Waals surface area (Å²) in [5.74, 6) is 0. The summed E-state index contributed by atoms with van der Waals surface area (Å²) in [6.45, 7) is 0. The van der Waals surface area contributed by atoms with E-state index in [4.69, 9.17) is 0 Å². The molecule has 0 saturated heterocycles. The van der Waals surface area contributed by atoms with Gasteiger partial charge in [0.05, 0.1) is 0 Å². The van der Waals surface area contributed by atoms with Crippen LogP contribution in [0.15, 0.2) is 170 Å². The van der Waals surface area contributed by atoms with Crippen LogP contribution in [0.4, 0.5) is 45.5 Å². The molecule has 6 rings (SSSR count). The van der Waals surface area contributed by atoms with Gasteiger partial charge in [0.1, 0.15) is 0 Å². The minimum Gasteiger partial charge on any atom is -0.659 e. The number of hydrogen-bond acceptors (Lipinski definition) is 0. The molecule has 0 aliphatic heterocycles. The Morgan fingerprint density at radius 2 is 0.390 bits per heavy atom. The van der Waals surface area contributed by atoms with Gasteiger partial charge in [-0.05, 0) is 0 Å². The van der Waals surface area contributed by atoms with Crippen LogP contribution in [0.2, 0.25) is 0 Å². The van der Waals surface area contributed by atoms with E-state index in [1.165, 1.54) is 0 Å². The van der Waals surface area contributed by atoms with Gasteiger partial charge in [0.25, 0.3) is 0 Å². The van der Waals surface area contributed by atoms with Crippen LogP contribution in [0.5, 0.6) is 0 Å². The van der Waals surface area contributed by atoms with Crippen LogP contribution >= 0.6 is 0 Å². The summed E-state index contributed by atoms with van der Waals surface area (Å²) in [5.41, 5.74) is 7.24. The first-order valence-corrected chi connectivity index (χ1v) is 13.1. The third-order valence-corrected chi connectivity index (χ3v) is 5.79. The Kier molecular flexibility index (Phi) is 11.4. The maximum absolute atomic E-state index is 4.64. The smallest absolute Gasteiger partial charge is 0.659 e. The fraction of sp³-hybridized carbons (Fsp3) is 0. The topological polar surface area (TPSA) is 56.4 Å². The van der Waals surface area contributed by atoms with Crippen LogP contribution < -0.4 is 0 Å². The molecule has 0 aromatic heterocycles. The maximum atomic E-state index is 4.64. The molecular weight excluding hydrogens is 580 g/mol. The Morgan fingerprint density at radius 3 is 0.585 bits per heavy atom. The van der Waals surface area contributed by atoms with Gasteiger partial charge in [-0.3, -0.25) is 0 Å². The molecule has 0 atom stereocenters. The van der Waals surface area contributed by atoms with Crippen molar-refractivity contribution in [3.8, 4) is 0 Å². The predicted octanol–water partition coefficient (Wildman–Crippen LogP) is 12.7. The van der Waals surface area contributed by atoms with Crippen molar-refractivity contribution >= 4 is 45.5 Å². The van der Waals surface area contributed by atoms with Crippen LogP contribution in [-0.2, 0) is 26.2 Å². The summed E-state index contributed by atoms with van der Waals surface area (Å²) in [6.07, 6.45) is 0. The summed E-state index contributed by atoms with van der Waals surface area (Å²) >= 11 is 0. The second-order valence-corrected chi connectivity index (χ2v) is 8.77. The minimum atomic E-state index is 0. The van der Waals surface area contributed by atoms with Gasteiger partial charge < -0.3 is 21.3 Å². The Morgan fingerprint density at radius 1 is 0.220 bits per heavy atom. The Labute approximate surface area is 261 Å². The van der Waals surface area contributed by atoms with Crippen molar-refractivity contribution in [2.45, 2.75) is 0 Å². The van der Waals surface area contributed by atoms with E-state index >= 15 is 0 Å². The molecule has 0 spiro atoms. The second-order valence-electron chi connectivity index (χ2n) is 8.77. The van der Waals surface area contributed by atoms with Gasteiger partial charge in [-0.2, -0.15) is 22.7 Å². The molecule has 5 heteroatoms. The average Bonchev–Trinajstić information content (AvgIpc) is 3.02. The third kappa shape index (κ3) is 9.23. The Hall–Kier alpha value is -4.60. The molecule has 0 aliphatic carbocycles. The van der Waals surface area contributed by atoms with Crippen LogP contribution in [-0.4, -0.2) is 0 Å². The molecule has 0 fully saturated rings. The van der Waals surface area contributed by atoms with E-state index in [-0.39, 0.29) is 26.2 Å². The predicted molar refractivity (Wildman–Crippen MR) is 169 cm³/mol. The van der Waals surface area contributed by atoms with Gasteiger partial charge in [0.15, 0.2) is 0 Å². The van der Waals surface area contributed by atoms with Gasteiger partial charge in [-0.1, -0.05) is 170 Å². The van der Waals surface area contributed by atoms with Crippen molar-refractivity contribution in [1.82, 2.24) is 0 Å². The fourth-order valence-corrected chi connectivity index (χ4v) is 3.87. The average molecular weight is 608 g/mol. The van der Waals surface area contributed by atoms with Crippen LogP contribution in [0.3, 0.4) is 0 Å². The van der Waals surface area contributed by atoms with Crippen molar-refractivity contribution in [3.63, 3.8) is 0 Å². The summed E-state index contributed by atoms with van der Waals surface area (Å²) in [6, 6.07) is 55.5. The second kappa shape index (κ2) is 15.9. The zero-order chi connectivity index (χ0) is 27.2. The van der Waals surface area contributed by atoms with Gasteiger partial charge in [-0.25, -0.2) is 0 Å². The molecule has 0 N–H and O–H groups in total. The van der Waals surface area contributed by atoms with Crippen LogP contribution in [0, 0.1) is 0 Å². The minimum absolute atomic E-state index is 0. The summed E-state index contributed by atoms with van der Waals surface area (Å²) in [7, 11) is 0. The molecule has 196 valence electrons. The monoisotopic (exact) mass is 606 g/mol. The van der Waals surface area contributed by atoms with Crippen molar-refractivity contribution in [1.29, 1.82) is 0 Å². The van der Waals surface area contributed by atoms with Crippen LogP contribution in [0.25, 0.3) is 21.3 Å². The molecule has 0 saturated carbocycles. The number of hydrogen-bond donors (Lipinski definition) is 0. The molecule has 0 unspecified atom stereocenters. The summed E-state index contributed by atoms with van der Waals surface area (Å²) in [5, 5.41) is 18.6. The van der Waals surface area contributed by atoms with Crippen molar-refractivity contribution in [2.24, 2.45) is 0 Å². The first-order chi connectivity index (χ1) is 19.8. The van der Waals surface area contributed by atoms with Gasteiger partial charge in [-0.15, -0.1) is 22.7 Å². The van der Waals surface area contributed by atoms with Crippen molar-refractivity contribution in [3.05, 3.63) is 191 Å². The third-order valence-electron chi connectivity index (χ3n) is 5.79. The van der Waals surface area contributed by atoms with Gasteiger partial charge in [0.2, 0.25) is 0 Å². The van der Waals surface area contributed by atoms with E-state index in [0.717, 1.165) is 45.5 Å². The number of rotatable bonds is 8. The van der Waals surface area contributed by atoms with Crippen molar-refractivity contribution < 1.29 is 26.2 Å². The van der Waals surface area contributed by atoms with E-state index in [0.29, 0.717) is 0 Å². The summed E-state index contributed by atoms with van der Waals surface area (Å²) in [4.78, 5) is 0. The number of nitrogens with zero attached hydrogens (tertiary/aromatic N) is 4. The molecule has 0 amide bonds. The normalized spacial score (nSPS) is 9.76. The van der Waals surface area contributed by atoms with E-state index < -0.39 is 0 Å². The Balaban J connectivity index is 0.000000184. The molecular formula is C36H28N4Zr. The first kappa shape index (κ1) is 29.4. The maximum Gasteiger partial charge on any atom is 4.00 e. The molecule has 6 aromatic rings. The fourth-order valence-electron chi connectivity index (χ4n) is 3.87. The molecule has 4 nitrogen and oxygen atoms in total. The van der Waals surface area contributed by atoms with E-state index in [9.17, 15) is 0 Å². The van der Waals surface area contributed by atoms with Crippen LogP contribution in [0.1, 0.15) is 0 Å². The zero-order valence-electron chi connectivity index (χ0n) is 22.5. The molecule has 0 radical (unpaired) electrons. The van der Waals surface area contributed by atoms with Crippen molar-refractivity contribution in [2.75, 3.05) is 0 Å². The first-order valence-electron chi connectivity index (χ1n) is 13.1. The number of para-hydroxylation sites is 8. The zero-order valence-corrected chi connectivity index (χ0v) is 24.9. The van der Waals surface area contributed by atoms with E-state index in [1.54, 1.807) is 0 Å². The molecule has 0 aliphatic rings. The standard InChI is InChI=1S/2C18H14N2.Zr/c2*1-3-9-15(10-4-1)19-17-13-7-8-14-18(17)20-16-11-5-2-6-12-16;/h2*1-14H;/q2*-2;+4. The summed E-state index contributed by atoms with van der Waals surface area (Å²) < 4.78 is 0. The molecule has 41 heavy (non-hydrogen) atoms. The molecule has 6 aromatic carbocycles.